The summed E-state index contributed by atoms with van der Waals surface area (Å²) < 4.78 is 36.8. The fourth-order valence-corrected chi connectivity index (χ4v) is 6.26. The number of nitrogens with one attached hydrogen (secondary N) is 1. The molecule has 1 aliphatic heterocycles. The number of benzene rings is 4. The maximum atomic E-state index is 13.4. The molecule has 0 unspecified atom stereocenters. The fraction of sp³-hybridized carbons (Fsp3) is 0.275. The molecule has 0 aliphatic carbocycles. The Morgan fingerprint density at radius 3 is 1.94 bits per heavy atom. The van der Waals surface area contributed by atoms with Crippen molar-refractivity contribution in [2.24, 2.45) is 0 Å². The third-order valence-corrected chi connectivity index (χ3v) is 8.93. The minimum atomic E-state index is -1.22. The van der Waals surface area contributed by atoms with E-state index >= 15 is 0 Å². The molecule has 0 bridgehead atoms. The van der Waals surface area contributed by atoms with Crippen LogP contribution in [-0.2, 0) is 24.5 Å². The quantitative estimate of drug-likeness (QED) is 0.115. The van der Waals surface area contributed by atoms with Gasteiger partial charge in [-0.25, -0.2) is 4.79 Å². The van der Waals surface area contributed by atoms with E-state index in [1.54, 1.807) is 44.6 Å². The lowest BCUT2D eigenvalue weighted by molar-refractivity contribution is -0.0993. The highest BCUT2D eigenvalue weighted by Gasteiger charge is 2.48. The number of carbonyl (C=O) groups is 1. The first kappa shape index (κ1) is 36.4. The van der Waals surface area contributed by atoms with Gasteiger partial charge in [-0.05, 0) is 59.2 Å². The van der Waals surface area contributed by atoms with Crippen molar-refractivity contribution in [1.82, 2.24) is 9.55 Å². The molecule has 4 atom stereocenters. The zero-order valence-corrected chi connectivity index (χ0v) is 29.1. The number of aliphatic hydroxyl groups is 1. The number of rotatable bonds is 15. The Balaban J connectivity index is 1.33. The van der Waals surface area contributed by atoms with Crippen LogP contribution in [0.5, 0.6) is 11.5 Å². The lowest BCUT2D eigenvalue weighted by atomic mass is 9.80. The summed E-state index contributed by atoms with van der Waals surface area (Å²) in [5.41, 5.74) is 0.965. The Morgan fingerprint density at radius 2 is 1.38 bits per heavy atom. The minimum absolute atomic E-state index is 0.0667. The summed E-state index contributed by atoms with van der Waals surface area (Å²) in [6.45, 7) is 0.271. The van der Waals surface area contributed by atoms with Gasteiger partial charge in [0.1, 0.15) is 41.2 Å². The monoisotopic (exact) mass is 707 g/mol. The van der Waals surface area contributed by atoms with Crippen LogP contribution in [0.2, 0.25) is 0 Å². The number of nitrogens with zero attached hydrogens (tertiary/aromatic N) is 2. The zero-order valence-electron chi connectivity index (χ0n) is 29.1. The number of aliphatic hydroxyl groups excluding tert-OH is 1. The Bertz CT molecular complexity index is 1910. The molecular weight excluding hydrogens is 666 g/mol. The normalized spacial score (nSPS) is 18.5. The van der Waals surface area contributed by atoms with E-state index < -0.39 is 41.7 Å². The van der Waals surface area contributed by atoms with Gasteiger partial charge in [-0.3, -0.25) is 9.36 Å². The molecule has 1 aromatic heterocycles. The first-order valence-corrected chi connectivity index (χ1v) is 16.8. The second-order valence-corrected chi connectivity index (χ2v) is 12.0. The van der Waals surface area contributed by atoms with E-state index in [9.17, 15) is 14.7 Å². The number of hydrogen-bond donors (Lipinski definition) is 2. The number of aromatic nitrogens is 2. The fourth-order valence-electron chi connectivity index (χ4n) is 6.26. The van der Waals surface area contributed by atoms with Crippen LogP contribution in [-0.4, -0.2) is 80.0 Å². The molecule has 12 nitrogen and oxygen atoms in total. The number of hydrogen-bond acceptors (Lipinski definition) is 10. The molecule has 2 heterocycles. The van der Waals surface area contributed by atoms with Crippen molar-refractivity contribution in [3.05, 3.63) is 154 Å². The molecule has 1 amide bonds. The van der Waals surface area contributed by atoms with Gasteiger partial charge in [0.2, 0.25) is 0 Å². The number of methoxy groups -OCH3 is 3. The molecule has 6 rings (SSSR count). The van der Waals surface area contributed by atoms with Crippen molar-refractivity contribution >= 4 is 11.7 Å². The molecule has 0 radical (unpaired) electrons. The zero-order chi connectivity index (χ0) is 36.5. The van der Waals surface area contributed by atoms with Crippen molar-refractivity contribution in [1.29, 1.82) is 0 Å². The van der Waals surface area contributed by atoms with Gasteiger partial charge in [0.05, 0.1) is 34.0 Å². The SMILES string of the molecule is COCCO[C@@H]1[C@@H](O)[C@@H](COC(c2ccccc2)(c2ccc(OC)cc2)c2ccc(OC)cc2)O[C@H]1n1ccc(NC(=O)c2ccccc2)nc1=O. The second-order valence-electron chi connectivity index (χ2n) is 12.0. The predicted octanol–water partition coefficient (Wildman–Crippen LogP) is 4.81. The van der Waals surface area contributed by atoms with Crippen molar-refractivity contribution in [3.63, 3.8) is 0 Å². The van der Waals surface area contributed by atoms with Crippen LogP contribution >= 0.6 is 0 Å². The Labute approximate surface area is 301 Å². The van der Waals surface area contributed by atoms with E-state index in [1.165, 1.54) is 23.9 Å². The molecule has 2 N–H and O–H groups in total. The predicted molar refractivity (Wildman–Crippen MR) is 193 cm³/mol. The number of anilines is 1. The average molecular weight is 708 g/mol. The van der Waals surface area contributed by atoms with Gasteiger partial charge in [-0.2, -0.15) is 4.98 Å². The summed E-state index contributed by atoms with van der Waals surface area (Å²) >= 11 is 0. The van der Waals surface area contributed by atoms with Gasteiger partial charge in [-0.1, -0.05) is 72.8 Å². The molecule has 0 saturated carbocycles. The van der Waals surface area contributed by atoms with Crippen LogP contribution in [0.3, 0.4) is 0 Å². The van der Waals surface area contributed by atoms with Crippen LogP contribution in [0, 0.1) is 0 Å². The molecular formula is C40H41N3O9. The van der Waals surface area contributed by atoms with E-state index in [-0.39, 0.29) is 25.6 Å². The highest BCUT2D eigenvalue weighted by atomic mass is 16.6. The van der Waals surface area contributed by atoms with Crippen LogP contribution in [0.15, 0.2) is 126 Å². The van der Waals surface area contributed by atoms with Gasteiger partial charge in [-0.15, -0.1) is 0 Å². The molecule has 52 heavy (non-hydrogen) atoms. The average Bonchev–Trinajstić information content (AvgIpc) is 3.50. The summed E-state index contributed by atoms with van der Waals surface area (Å²) in [5.74, 6) is 1.01. The Kier molecular flexibility index (Phi) is 11.7. The smallest absolute Gasteiger partial charge is 0.351 e. The minimum Gasteiger partial charge on any atom is -0.497 e. The van der Waals surface area contributed by atoms with Gasteiger partial charge >= 0.3 is 5.69 Å². The Hall–Kier alpha value is -5.37. The summed E-state index contributed by atoms with van der Waals surface area (Å²) in [6, 6.07) is 35.0. The number of ether oxygens (including phenoxy) is 6. The van der Waals surface area contributed by atoms with Crippen molar-refractivity contribution in [2.75, 3.05) is 46.5 Å². The molecule has 5 aromatic rings. The van der Waals surface area contributed by atoms with Crippen LogP contribution in [0.1, 0.15) is 33.3 Å². The second kappa shape index (κ2) is 16.8. The van der Waals surface area contributed by atoms with E-state index in [2.05, 4.69) is 10.3 Å². The van der Waals surface area contributed by atoms with Crippen molar-refractivity contribution in [3.8, 4) is 11.5 Å². The number of amides is 1. The van der Waals surface area contributed by atoms with Gasteiger partial charge in [0.15, 0.2) is 6.23 Å². The lowest BCUT2D eigenvalue weighted by Gasteiger charge is -2.37. The molecule has 4 aromatic carbocycles. The number of carbonyl (C=O) groups excluding carboxylic acids is 1. The summed E-state index contributed by atoms with van der Waals surface area (Å²) in [5, 5.41) is 14.4. The summed E-state index contributed by atoms with van der Waals surface area (Å²) in [7, 11) is 4.75. The van der Waals surface area contributed by atoms with Gasteiger partial charge in [0, 0.05) is 18.9 Å². The Morgan fingerprint density at radius 1 is 0.808 bits per heavy atom. The van der Waals surface area contributed by atoms with Crippen LogP contribution < -0.4 is 20.5 Å². The summed E-state index contributed by atoms with van der Waals surface area (Å²) in [6.07, 6.45) is -2.77. The largest absolute Gasteiger partial charge is 0.497 e. The van der Waals surface area contributed by atoms with Gasteiger partial charge in [0.25, 0.3) is 5.91 Å². The van der Waals surface area contributed by atoms with E-state index in [1.807, 2.05) is 78.9 Å². The molecule has 1 aliphatic rings. The van der Waals surface area contributed by atoms with Crippen LogP contribution in [0.4, 0.5) is 5.82 Å². The standard InChI is InChI=1S/C40H41N3O9/c1-47-24-25-50-36-35(44)33(52-38(36)43-23-22-34(42-39(43)46)41-37(45)27-10-6-4-7-11-27)26-51-40(28-12-8-5-9-13-28,29-14-18-31(48-2)19-15-29)30-16-20-32(49-3)21-17-30/h4-23,33,35-36,38,44H,24-26H2,1-3H3,(H,41,42,45,46)/t33-,35+,36-,38-/m1/s1. The molecule has 0 spiro atoms. The topological polar surface area (TPSA) is 140 Å². The first-order chi connectivity index (χ1) is 25.4. The molecule has 270 valence electrons. The van der Waals surface area contributed by atoms with Crippen molar-refractivity contribution < 1.29 is 38.3 Å². The maximum absolute atomic E-state index is 13.4. The third kappa shape index (κ3) is 7.76. The molecule has 12 heteroatoms. The molecule has 1 fully saturated rings. The molecule has 1 saturated heterocycles. The van der Waals surface area contributed by atoms with Gasteiger partial charge < -0.3 is 38.8 Å². The third-order valence-electron chi connectivity index (χ3n) is 8.93. The van der Waals surface area contributed by atoms with E-state index in [0.717, 1.165) is 16.7 Å². The lowest BCUT2D eigenvalue weighted by Crippen LogP contribution is -2.41. The summed E-state index contributed by atoms with van der Waals surface area (Å²) in [4.78, 5) is 30.2. The van der Waals surface area contributed by atoms with Crippen molar-refractivity contribution in [2.45, 2.75) is 30.1 Å². The first-order valence-electron chi connectivity index (χ1n) is 16.8. The van der Waals surface area contributed by atoms with E-state index in [0.29, 0.717) is 17.1 Å². The van der Waals surface area contributed by atoms with Crippen LogP contribution in [0.25, 0.3) is 0 Å². The highest BCUT2D eigenvalue weighted by molar-refractivity contribution is 6.03. The highest BCUT2D eigenvalue weighted by Crippen LogP contribution is 2.43. The van der Waals surface area contributed by atoms with E-state index in [4.69, 9.17) is 28.4 Å². The maximum Gasteiger partial charge on any atom is 0.351 e.